The molecule has 1 unspecified atom stereocenters. The van der Waals surface area contributed by atoms with Gasteiger partial charge in [0.05, 0.1) is 5.52 Å². The summed E-state index contributed by atoms with van der Waals surface area (Å²) in [6.45, 7) is 8.47. The first-order chi connectivity index (χ1) is 10.1. The van der Waals surface area contributed by atoms with E-state index >= 15 is 0 Å². The lowest BCUT2D eigenvalue weighted by molar-refractivity contribution is 0.376. The van der Waals surface area contributed by atoms with Crippen molar-refractivity contribution in [1.82, 2.24) is 14.9 Å². The SMILES string of the molecule is CCCC1(c2nc3c(F)cccc3n2C(C)C)CCNC1. The molecule has 1 fully saturated rings. The molecule has 3 rings (SSSR count). The van der Waals surface area contributed by atoms with E-state index in [1.54, 1.807) is 6.07 Å². The average molecular weight is 289 g/mol. The Morgan fingerprint density at radius 3 is 2.86 bits per heavy atom. The third-order valence-corrected chi connectivity index (χ3v) is 4.63. The molecule has 1 aromatic carbocycles. The summed E-state index contributed by atoms with van der Waals surface area (Å²) < 4.78 is 16.4. The number of para-hydroxylation sites is 1. The normalized spacial score (nSPS) is 22.5. The second kappa shape index (κ2) is 5.41. The molecule has 0 bridgehead atoms. The van der Waals surface area contributed by atoms with Crippen molar-refractivity contribution in [2.45, 2.75) is 51.5 Å². The molecular formula is C17H24FN3. The molecule has 1 aromatic heterocycles. The summed E-state index contributed by atoms with van der Waals surface area (Å²) in [5, 5.41) is 3.47. The van der Waals surface area contributed by atoms with Crippen molar-refractivity contribution < 1.29 is 4.39 Å². The summed E-state index contributed by atoms with van der Waals surface area (Å²) in [5.74, 6) is 0.843. The molecule has 1 aliphatic heterocycles. The average Bonchev–Trinajstić information content (AvgIpc) is 3.04. The third-order valence-electron chi connectivity index (χ3n) is 4.63. The minimum Gasteiger partial charge on any atom is -0.325 e. The molecule has 1 atom stereocenters. The molecule has 2 aromatic rings. The lowest BCUT2D eigenvalue weighted by Crippen LogP contribution is -2.33. The highest BCUT2D eigenvalue weighted by molar-refractivity contribution is 5.77. The smallest absolute Gasteiger partial charge is 0.151 e. The maximum Gasteiger partial charge on any atom is 0.151 e. The van der Waals surface area contributed by atoms with Crippen molar-refractivity contribution in [2.24, 2.45) is 0 Å². The molecule has 1 N–H and O–H groups in total. The quantitative estimate of drug-likeness (QED) is 0.928. The van der Waals surface area contributed by atoms with Crippen LogP contribution >= 0.6 is 0 Å². The molecule has 21 heavy (non-hydrogen) atoms. The predicted octanol–water partition coefficient (Wildman–Crippen LogP) is 3.79. The van der Waals surface area contributed by atoms with Crippen LogP contribution in [0, 0.1) is 5.82 Å². The Labute approximate surface area is 125 Å². The van der Waals surface area contributed by atoms with Gasteiger partial charge in [0.1, 0.15) is 11.3 Å². The number of fused-ring (bicyclic) bond motifs is 1. The zero-order chi connectivity index (χ0) is 15.0. The van der Waals surface area contributed by atoms with Crippen LogP contribution in [0.3, 0.4) is 0 Å². The third kappa shape index (κ3) is 2.26. The maximum atomic E-state index is 14.1. The lowest BCUT2D eigenvalue weighted by Gasteiger charge is -2.29. The molecule has 0 spiro atoms. The molecule has 0 radical (unpaired) electrons. The van der Waals surface area contributed by atoms with E-state index in [0.29, 0.717) is 5.52 Å². The Kier molecular flexibility index (Phi) is 3.74. The Balaban J connectivity index is 2.26. The van der Waals surface area contributed by atoms with E-state index in [2.05, 4.69) is 30.7 Å². The van der Waals surface area contributed by atoms with Gasteiger partial charge in [-0.1, -0.05) is 19.4 Å². The van der Waals surface area contributed by atoms with E-state index in [-0.39, 0.29) is 17.3 Å². The molecule has 4 heteroatoms. The topological polar surface area (TPSA) is 29.9 Å². The van der Waals surface area contributed by atoms with Gasteiger partial charge >= 0.3 is 0 Å². The Hall–Kier alpha value is -1.42. The number of hydrogen-bond acceptors (Lipinski definition) is 2. The first-order valence-corrected chi connectivity index (χ1v) is 7.97. The summed E-state index contributed by atoms with van der Waals surface area (Å²) in [6.07, 6.45) is 3.29. The summed E-state index contributed by atoms with van der Waals surface area (Å²) in [7, 11) is 0. The second-order valence-electron chi connectivity index (χ2n) is 6.46. The molecule has 3 nitrogen and oxygen atoms in total. The van der Waals surface area contributed by atoms with Crippen LogP contribution in [-0.2, 0) is 5.41 Å². The summed E-state index contributed by atoms with van der Waals surface area (Å²) in [6, 6.07) is 5.54. The summed E-state index contributed by atoms with van der Waals surface area (Å²) in [5.41, 5.74) is 1.48. The number of aromatic nitrogens is 2. The van der Waals surface area contributed by atoms with Crippen LogP contribution in [0.2, 0.25) is 0 Å². The highest BCUT2D eigenvalue weighted by Crippen LogP contribution is 2.38. The monoisotopic (exact) mass is 289 g/mol. The number of rotatable bonds is 4. The number of imidazole rings is 1. The summed E-state index contributed by atoms with van der Waals surface area (Å²) >= 11 is 0. The molecule has 0 amide bonds. The van der Waals surface area contributed by atoms with Crippen LogP contribution in [0.1, 0.15) is 51.9 Å². The Morgan fingerprint density at radius 1 is 1.43 bits per heavy atom. The Morgan fingerprint density at radius 2 is 2.24 bits per heavy atom. The van der Waals surface area contributed by atoms with Crippen molar-refractivity contribution in [2.75, 3.05) is 13.1 Å². The van der Waals surface area contributed by atoms with E-state index in [1.807, 2.05) is 6.07 Å². The van der Waals surface area contributed by atoms with Gasteiger partial charge in [0.25, 0.3) is 0 Å². The van der Waals surface area contributed by atoms with Gasteiger partial charge in [-0.05, 0) is 45.4 Å². The van der Waals surface area contributed by atoms with Crippen molar-refractivity contribution in [3.8, 4) is 0 Å². The zero-order valence-electron chi connectivity index (χ0n) is 13.1. The van der Waals surface area contributed by atoms with Crippen molar-refractivity contribution >= 4 is 11.0 Å². The first kappa shape index (κ1) is 14.5. The fourth-order valence-corrected chi connectivity index (χ4v) is 3.72. The number of benzene rings is 1. The van der Waals surface area contributed by atoms with Gasteiger partial charge in [0.2, 0.25) is 0 Å². The number of nitrogens with zero attached hydrogens (tertiary/aromatic N) is 2. The lowest BCUT2D eigenvalue weighted by atomic mass is 9.81. The van der Waals surface area contributed by atoms with Crippen LogP contribution in [-0.4, -0.2) is 22.6 Å². The largest absolute Gasteiger partial charge is 0.325 e. The van der Waals surface area contributed by atoms with Crippen LogP contribution < -0.4 is 5.32 Å². The summed E-state index contributed by atoms with van der Waals surface area (Å²) in [4.78, 5) is 4.75. The van der Waals surface area contributed by atoms with Gasteiger partial charge in [0.15, 0.2) is 5.82 Å². The molecule has 0 saturated carbocycles. The second-order valence-corrected chi connectivity index (χ2v) is 6.46. The van der Waals surface area contributed by atoms with Crippen molar-refractivity contribution in [3.63, 3.8) is 0 Å². The van der Waals surface area contributed by atoms with Gasteiger partial charge < -0.3 is 9.88 Å². The molecule has 114 valence electrons. The van der Waals surface area contributed by atoms with E-state index in [9.17, 15) is 4.39 Å². The van der Waals surface area contributed by atoms with E-state index in [1.165, 1.54) is 6.07 Å². The molecule has 0 aliphatic carbocycles. The van der Waals surface area contributed by atoms with Gasteiger partial charge in [-0.3, -0.25) is 0 Å². The standard InChI is InChI=1S/C17H24FN3/c1-4-8-17(9-10-19-11-17)16-20-15-13(18)6-5-7-14(15)21(16)12(2)3/h5-7,12,19H,4,8-11H2,1-3H3. The fourth-order valence-electron chi connectivity index (χ4n) is 3.72. The van der Waals surface area contributed by atoms with Crippen LogP contribution in [0.5, 0.6) is 0 Å². The molecule has 1 saturated heterocycles. The van der Waals surface area contributed by atoms with Gasteiger partial charge in [0, 0.05) is 18.0 Å². The predicted molar refractivity (Wildman–Crippen MR) is 84.1 cm³/mol. The molecule has 2 heterocycles. The van der Waals surface area contributed by atoms with Gasteiger partial charge in [-0.2, -0.15) is 0 Å². The van der Waals surface area contributed by atoms with E-state index in [4.69, 9.17) is 4.98 Å². The van der Waals surface area contributed by atoms with Gasteiger partial charge in [-0.25, -0.2) is 9.37 Å². The van der Waals surface area contributed by atoms with Crippen molar-refractivity contribution in [3.05, 3.63) is 29.8 Å². The van der Waals surface area contributed by atoms with Crippen LogP contribution in [0.25, 0.3) is 11.0 Å². The number of halogens is 1. The van der Waals surface area contributed by atoms with E-state index in [0.717, 1.165) is 43.7 Å². The highest BCUT2D eigenvalue weighted by atomic mass is 19.1. The van der Waals surface area contributed by atoms with E-state index < -0.39 is 0 Å². The maximum absolute atomic E-state index is 14.1. The number of nitrogens with one attached hydrogen (secondary N) is 1. The molecule has 1 aliphatic rings. The van der Waals surface area contributed by atoms with Gasteiger partial charge in [-0.15, -0.1) is 0 Å². The minimum absolute atomic E-state index is 0.0461. The Bertz CT molecular complexity index is 639. The fraction of sp³-hybridized carbons (Fsp3) is 0.588. The van der Waals surface area contributed by atoms with Crippen LogP contribution in [0.4, 0.5) is 4.39 Å². The zero-order valence-corrected chi connectivity index (χ0v) is 13.1. The van der Waals surface area contributed by atoms with Crippen molar-refractivity contribution in [1.29, 1.82) is 0 Å². The number of hydrogen-bond donors (Lipinski definition) is 1. The van der Waals surface area contributed by atoms with Crippen LogP contribution in [0.15, 0.2) is 18.2 Å². The molecular weight excluding hydrogens is 265 g/mol. The highest BCUT2D eigenvalue weighted by Gasteiger charge is 2.39. The minimum atomic E-state index is -0.217. The first-order valence-electron chi connectivity index (χ1n) is 7.97.